The van der Waals surface area contributed by atoms with Crippen molar-refractivity contribution >= 4 is 5.96 Å². The summed E-state index contributed by atoms with van der Waals surface area (Å²) in [7, 11) is 1.76. The van der Waals surface area contributed by atoms with Crippen LogP contribution in [0.4, 0.5) is 0 Å². The molecular formula is C16H31N5O2. The van der Waals surface area contributed by atoms with Crippen LogP contribution in [0.2, 0.25) is 0 Å². The highest BCUT2D eigenvalue weighted by Crippen LogP contribution is 2.09. The van der Waals surface area contributed by atoms with Gasteiger partial charge in [-0.05, 0) is 12.3 Å². The van der Waals surface area contributed by atoms with Crippen LogP contribution in [0.5, 0.6) is 0 Å². The van der Waals surface area contributed by atoms with Gasteiger partial charge in [0.15, 0.2) is 11.8 Å². The maximum atomic E-state index is 5.54. The first-order chi connectivity index (χ1) is 11.0. The van der Waals surface area contributed by atoms with Gasteiger partial charge in [-0.2, -0.15) is 4.98 Å². The molecule has 0 aliphatic carbocycles. The number of guanidine groups is 1. The SMILES string of the molecule is CN=C(NCCCOCC(C)C)NCCc1nc(C(C)C)no1. The Morgan fingerprint density at radius 3 is 2.57 bits per heavy atom. The van der Waals surface area contributed by atoms with Crippen LogP contribution in [0.15, 0.2) is 9.52 Å². The van der Waals surface area contributed by atoms with E-state index in [0.29, 0.717) is 24.8 Å². The lowest BCUT2D eigenvalue weighted by atomic mass is 10.2. The average Bonchev–Trinajstić information content (AvgIpc) is 2.97. The van der Waals surface area contributed by atoms with Crippen LogP contribution in [0, 0.1) is 5.92 Å². The molecular weight excluding hydrogens is 294 g/mol. The fraction of sp³-hybridized carbons (Fsp3) is 0.812. The summed E-state index contributed by atoms with van der Waals surface area (Å²) in [5.74, 6) is 3.05. The Bertz CT molecular complexity index is 457. The first-order valence-electron chi connectivity index (χ1n) is 8.37. The molecule has 0 amide bonds. The number of aliphatic imine (C=N–C) groups is 1. The van der Waals surface area contributed by atoms with Gasteiger partial charge in [0.1, 0.15) is 0 Å². The topological polar surface area (TPSA) is 84.6 Å². The largest absolute Gasteiger partial charge is 0.381 e. The monoisotopic (exact) mass is 325 g/mol. The zero-order chi connectivity index (χ0) is 17.1. The molecule has 7 nitrogen and oxygen atoms in total. The van der Waals surface area contributed by atoms with Crippen molar-refractivity contribution in [2.45, 2.75) is 46.5 Å². The Hall–Kier alpha value is -1.63. The highest BCUT2D eigenvalue weighted by atomic mass is 16.5. The van der Waals surface area contributed by atoms with Crippen LogP contribution in [0.3, 0.4) is 0 Å². The summed E-state index contributed by atoms with van der Waals surface area (Å²) in [4.78, 5) is 8.53. The third-order valence-corrected chi connectivity index (χ3v) is 3.06. The minimum atomic E-state index is 0.285. The molecule has 0 fully saturated rings. The zero-order valence-corrected chi connectivity index (χ0v) is 15.1. The Balaban J connectivity index is 2.14. The quantitative estimate of drug-likeness (QED) is 0.389. The summed E-state index contributed by atoms with van der Waals surface area (Å²) < 4.78 is 10.8. The Morgan fingerprint density at radius 2 is 1.96 bits per heavy atom. The Labute approximate surface area is 139 Å². The van der Waals surface area contributed by atoms with Crippen molar-refractivity contribution < 1.29 is 9.26 Å². The normalized spacial score (nSPS) is 12.2. The molecule has 2 N–H and O–H groups in total. The third-order valence-electron chi connectivity index (χ3n) is 3.06. The maximum absolute atomic E-state index is 5.54. The predicted molar refractivity (Wildman–Crippen MR) is 91.7 cm³/mol. The van der Waals surface area contributed by atoms with Crippen molar-refractivity contribution in [3.8, 4) is 0 Å². The van der Waals surface area contributed by atoms with E-state index in [1.807, 2.05) is 13.8 Å². The van der Waals surface area contributed by atoms with E-state index in [2.05, 4.69) is 39.6 Å². The second kappa shape index (κ2) is 11.0. The molecule has 1 aromatic rings. The lowest BCUT2D eigenvalue weighted by Crippen LogP contribution is -2.39. The Morgan fingerprint density at radius 1 is 1.22 bits per heavy atom. The van der Waals surface area contributed by atoms with Crippen LogP contribution in [0.25, 0.3) is 0 Å². The molecule has 0 unspecified atom stereocenters. The molecule has 1 rings (SSSR count). The summed E-state index contributed by atoms with van der Waals surface area (Å²) in [6, 6.07) is 0. The molecule has 1 heterocycles. The molecule has 23 heavy (non-hydrogen) atoms. The highest BCUT2D eigenvalue weighted by molar-refractivity contribution is 5.79. The van der Waals surface area contributed by atoms with Crippen molar-refractivity contribution in [3.63, 3.8) is 0 Å². The zero-order valence-electron chi connectivity index (χ0n) is 15.1. The lowest BCUT2D eigenvalue weighted by Gasteiger charge is -2.11. The second-order valence-corrected chi connectivity index (χ2v) is 6.20. The van der Waals surface area contributed by atoms with Gasteiger partial charge in [0.25, 0.3) is 0 Å². The van der Waals surface area contributed by atoms with Gasteiger partial charge in [0, 0.05) is 45.7 Å². The number of nitrogens with zero attached hydrogens (tertiary/aromatic N) is 3. The highest BCUT2D eigenvalue weighted by Gasteiger charge is 2.09. The molecule has 0 spiro atoms. The van der Waals surface area contributed by atoms with Gasteiger partial charge in [-0.3, -0.25) is 4.99 Å². The van der Waals surface area contributed by atoms with E-state index in [0.717, 1.165) is 38.0 Å². The predicted octanol–water partition coefficient (Wildman–Crippen LogP) is 1.96. The van der Waals surface area contributed by atoms with Crippen LogP contribution in [-0.4, -0.2) is 49.5 Å². The molecule has 0 radical (unpaired) electrons. The standard InChI is InChI=1S/C16H31N5O2/c1-12(2)11-22-10-6-8-18-16(17-5)19-9-7-14-20-15(13(3)4)21-23-14/h12-13H,6-11H2,1-5H3,(H2,17,18,19). The summed E-state index contributed by atoms with van der Waals surface area (Å²) in [6.07, 6.45) is 1.63. The van der Waals surface area contributed by atoms with Crippen LogP contribution < -0.4 is 10.6 Å². The molecule has 0 saturated heterocycles. The van der Waals surface area contributed by atoms with Crippen LogP contribution in [0.1, 0.15) is 51.7 Å². The smallest absolute Gasteiger partial charge is 0.228 e. The summed E-state index contributed by atoms with van der Waals surface area (Å²) in [5.41, 5.74) is 0. The van der Waals surface area contributed by atoms with E-state index in [1.165, 1.54) is 0 Å². The van der Waals surface area contributed by atoms with Gasteiger partial charge >= 0.3 is 0 Å². The molecule has 0 aliphatic heterocycles. The van der Waals surface area contributed by atoms with E-state index in [1.54, 1.807) is 7.05 Å². The molecule has 0 atom stereocenters. The molecule has 7 heteroatoms. The molecule has 0 aromatic carbocycles. The maximum Gasteiger partial charge on any atom is 0.228 e. The van der Waals surface area contributed by atoms with Crippen molar-refractivity contribution in [3.05, 3.63) is 11.7 Å². The van der Waals surface area contributed by atoms with Crippen molar-refractivity contribution in [2.24, 2.45) is 10.9 Å². The first-order valence-corrected chi connectivity index (χ1v) is 8.37. The fourth-order valence-corrected chi connectivity index (χ4v) is 1.81. The van der Waals surface area contributed by atoms with Crippen molar-refractivity contribution in [1.82, 2.24) is 20.8 Å². The van der Waals surface area contributed by atoms with Crippen LogP contribution in [-0.2, 0) is 11.2 Å². The number of aromatic nitrogens is 2. The second-order valence-electron chi connectivity index (χ2n) is 6.20. The number of rotatable bonds is 10. The van der Waals surface area contributed by atoms with Crippen molar-refractivity contribution in [1.29, 1.82) is 0 Å². The summed E-state index contributed by atoms with van der Waals surface area (Å²) in [5, 5.41) is 10.4. The molecule has 0 saturated carbocycles. The average molecular weight is 325 g/mol. The minimum absolute atomic E-state index is 0.285. The van der Waals surface area contributed by atoms with E-state index < -0.39 is 0 Å². The number of ether oxygens (including phenoxy) is 1. The van der Waals surface area contributed by atoms with E-state index >= 15 is 0 Å². The fourth-order valence-electron chi connectivity index (χ4n) is 1.81. The van der Waals surface area contributed by atoms with Gasteiger partial charge < -0.3 is 19.9 Å². The van der Waals surface area contributed by atoms with Gasteiger partial charge in [-0.25, -0.2) is 0 Å². The number of hydrogen-bond donors (Lipinski definition) is 2. The molecule has 0 aliphatic rings. The van der Waals surface area contributed by atoms with Gasteiger partial charge in [-0.15, -0.1) is 0 Å². The molecule has 0 bridgehead atoms. The summed E-state index contributed by atoms with van der Waals surface area (Å²) in [6.45, 7) is 11.5. The van der Waals surface area contributed by atoms with Gasteiger partial charge in [0.05, 0.1) is 0 Å². The summed E-state index contributed by atoms with van der Waals surface area (Å²) >= 11 is 0. The van der Waals surface area contributed by atoms with Gasteiger partial charge in [-0.1, -0.05) is 32.9 Å². The van der Waals surface area contributed by atoms with Crippen LogP contribution >= 0.6 is 0 Å². The first kappa shape index (κ1) is 19.4. The Kier molecular flexibility index (Phi) is 9.28. The van der Waals surface area contributed by atoms with Gasteiger partial charge in [0.2, 0.25) is 5.89 Å². The molecule has 132 valence electrons. The minimum Gasteiger partial charge on any atom is -0.381 e. The molecule has 1 aromatic heterocycles. The van der Waals surface area contributed by atoms with E-state index in [9.17, 15) is 0 Å². The lowest BCUT2D eigenvalue weighted by molar-refractivity contribution is 0.108. The third kappa shape index (κ3) is 8.54. The van der Waals surface area contributed by atoms with Crippen molar-refractivity contribution in [2.75, 3.05) is 33.4 Å². The van der Waals surface area contributed by atoms with E-state index in [-0.39, 0.29) is 5.92 Å². The number of hydrogen-bond acceptors (Lipinski definition) is 5. The van der Waals surface area contributed by atoms with E-state index in [4.69, 9.17) is 9.26 Å². The number of nitrogens with one attached hydrogen (secondary N) is 2.